The third kappa shape index (κ3) is 5.82. The lowest BCUT2D eigenvalue weighted by Crippen LogP contribution is -2.61. The topological polar surface area (TPSA) is 85.7 Å². The first-order valence-corrected chi connectivity index (χ1v) is 13.9. The van der Waals surface area contributed by atoms with Gasteiger partial charge in [0.1, 0.15) is 23.7 Å². The molecule has 198 valence electrons. The van der Waals surface area contributed by atoms with Crippen LogP contribution in [0.25, 0.3) is 21.2 Å². The third-order valence-corrected chi connectivity index (χ3v) is 8.26. The van der Waals surface area contributed by atoms with Gasteiger partial charge in [-0.1, -0.05) is 101 Å². The number of hydrogen-bond acceptors (Lipinski definition) is 6. The number of fused-ring (bicyclic) bond motifs is 2. The fourth-order valence-electron chi connectivity index (χ4n) is 5.08. The van der Waals surface area contributed by atoms with Crippen molar-refractivity contribution in [2.75, 3.05) is 6.61 Å². The van der Waals surface area contributed by atoms with Crippen LogP contribution in [-0.2, 0) is 25.6 Å². The van der Waals surface area contributed by atoms with Gasteiger partial charge >= 0.3 is 0 Å². The Balaban J connectivity index is 1.29. The van der Waals surface area contributed by atoms with Crippen LogP contribution in [0.3, 0.4) is 0 Å². The van der Waals surface area contributed by atoms with Gasteiger partial charge in [-0.05, 0) is 47.0 Å². The number of benzene rings is 4. The smallest absolute Gasteiger partial charge is 0.184 e. The van der Waals surface area contributed by atoms with E-state index in [0.717, 1.165) is 21.4 Å². The van der Waals surface area contributed by atoms with E-state index in [1.807, 2.05) is 54.6 Å². The van der Waals surface area contributed by atoms with Crippen LogP contribution in [0.15, 0.2) is 107 Å². The van der Waals surface area contributed by atoms with Crippen molar-refractivity contribution in [2.24, 2.45) is 5.11 Å². The molecule has 0 radical (unpaired) electrons. The molecule has 0 N–H and O–H groups in total. The molecule has 0 spiro atoms. The van der Waals surface area contributed by atoms with Crippen molar-refractivity contribution in [3.8, 4) is 0 Å². The summed E-state index contributed by atoms with van der Waals surface area (Å²) in [4.78, 5) is 4.21. The Hall–Kier alpha value is -3.36. The number of rotatable bonds is 7. The Morgan fingerprint density at radius 1 is 0.923 bits per heavy atom. The minimum atomic E-state index is -0.613. The lowest BCUT2D eigenvalue weighted by atomic mass is 9.97. The van der Waals surface area contributed by atoms with E-state index in [4.69, 9.17) is 18.9 Å². The Kier molecular flexibility index (Phi) is 7.83. The van der Waals surface area contributed by atoms with Crippen molar-refractivity contribution < 1.29 is 18.9 Å². The largest absolute Gasteiger partial charge is 0.370 e. The first-order valence-electron chi connectivity index (χ1n) is 13.0. The van der Waals surface area contributed by atoms with Crippen LogP contribution in [0.5, 0.6) is 0 Å². The normalized spacial score (nSPS) is 26.5. The van der Waals surface area contributed by atoms with Crippen LogP contribution in [-0.4, -0.2) is 36.4 Å². The van der Waals surface area contributed by atoms with E-state index in [2.05, 4.69) is 59.4 Å². The fourth-order valence-corrected chi connectivity index (χ4v) is 6.19. The summed E-state index contributed by atoms with van der Waals surface area (Å²) < 4.78 is 25.6. The summed E-state index contributed by atoms with van der Waals surface area (Å²) in [7, 11) is 0. The maximum absolute atomic E-state index is 9.56. The first-order chi connectivity index (χ1) is 19.2. The van der Waals surface area contributed by atoms with Crippen LogP contribution >= 0.6 is 11.8 Å². The van der Waals surface area contributed by atoms with Crippen molar-refractivity contribution in [2.45, 2.75) is 54.5 Å². The lowest BCUT2D eigenvalue weighted by Gasteiger charge is -2.48. The van der Waals surface area contributed by atoms with Gasteiger partial charge in [-0.15, -0.1) is 0 Å². The third-order valence-electron chi connectivity index (χ3n) is 7.09. The van der Waals surface area contributed by atoms with Crippen LogP contribution in [0.2, 0.25) is 0 Å². The monoisotopic (exact) mass is 539 g/mol. The van der Waals surface area contributed by atoms with Gasteiger partial charge in [-0.2, -0.15) is 0 Å². The molecule has 6 rings (SSSR count). The van der Waals surface area contributed by atoms with Crippen LogP contribution in [0, 0.1) is 6.92 Å². The van der Waals surface area contributed by atoms with E-state index < -0.39 is 30.0 Å². The maximum Gasteiger partial charge on any atom is 0.184 e. The van der Waals surface area contributed by atoms with Crippen LogP contribution in [0.4, 0.5) is 0 Å². The molecule has 0 aliphatic carbocycles. The van der Waals surface area contributed by atoms with Gasteiger partial charge in [-0.3, -0.25) is 0 Å². The summed E-state index contributed by atoms with van der Waals surface area (Å²) in [6, 6.07) is 31.9. The highest BCUT2D eigenvalue weighted by molar-refractivity contribution is 7.99. The van der Waals surface area contributed by atoms with Crippen molar-refractivity contribution in [1.29, 1.82) is 0 Å². The van der Waals surface area contributed by atoms with Crippen molar-refractivity contribution in [3.63, 3.8) is 0 Å². The van der Waals surface area contributed by atoms with E-state index in [-0.39, 0.29) is 6.10 Å². The van der Waals surface area contributed by atoms with Gasteiger partial charge in [0, 0.05) is 15.4 Å². The number of ether oxygens (including phenoxy) is 4. The molecule has 1 unspecified atom stereocenters. The number of hydrogen-bond donors (Lipinski definition) is 0. The van der Waals surface area contributed by atoms with Gasteiger partial charge in [0.25, 0.3) is 0 Å². The molecule has 6 atom stereocenters. The summed E-state index contributed by atoms with van der Waals surface area (Å²) >= 11 is 1.52. The van der Waals surface area contributed by atoms with Gasteiger partial charge in [0.2, 0.25) is 0 Å². The molecule has 2 aliphatic rings. The van der Waals surface area contributed by atoms with E-state index in [1.54, 1.807) is 0 Å². The molecular formula is C31H29N3O4S. The van der Waals surface area contributed by atoms with Crippen molar-refractivity contribution >= 4 is 22.5 Å². The summed E-state index contributed by atoms with van der Waals surface area (Å²) in [5.74, 6) is 0. The van der Waals surface area contributed by atoms with Crippen LogP contribution in [0.1, 0.15) is 23.0 Å². The molecule has 4 aromatic rings. The molecule has 0 aromatic heterocycles. The summed E-state index contributed by atoms with van der Waals surface area (Å²) in [6.45, 7) is 2.74. The number of thioether (sulfide) groups is 1. The van der Waals surface area contributed by atoms with Gasteiger partial charge in [-0.25, -0.2) is 0 Å². The summed E-state index contributed by atoms with van der Waals surface area (Å²) in [5, 5.41) is 6.52. The molecular weight excluding hydrogens is 510 g/mol. The predicted molar refractivity (Wildman–Crippen MR) is 151 cm³/mol. The van der Waals surface area contributed by atoms with Crippen LogP contribution < -0.4 is 0 Å². The number of aryl methyl sites for hydroxylation is 1. The Bertz CT molecular complexity index is 1460. The van der Waals surface area contributed by atoms with Crippen molar-refractivity contribution in [1.82, 2.24) is 0 Å². The van der Waals surface area contributed by atoms with Gasteiger partial charge < -0.3 is 18.9 Å². The number of nitrogens with zero attached hydrogens (tertiary/aromatic N) is 3. The van der Waals surface area contributed by atoms with Gasteiger partial charge in [0.15, 0.2) is 6.29 Å². The molecule has 2 heterocycles. The zero-order valence-corrected chi connectivity index (χ0v) is 22.3. The molecule has 39 heavy (non-hydrogen) atoms. The molecule has 2 aliphatic heterocycles. The zero-order valence-electron chi connectivity index (χ0n) is 21.5. The highest BCUT2D eigenvalue weighted by atomic mass is 32.2. The second kappa shape index (κ2) is 11.8. The molecule has 0 bridgehead atoms. The molecule has 7 nitrogen and oxygen atoms in total. The van der Waals surface area contributed by atoms with E-state index in [9.17, 15) is 5.53 Å². The standard InChI is InChI=1S/C31H29N3O4S/c1-20-11-15-25(16-12-20)39-31-27(33-34-32)29(35-18-21-13-14-22-7-5-6-10-24(22)17-21)28-26(37-31)19-36-30(38-28)23-8-3-2-4-9-23/h2-17,26-31H,18-19H2,1H3/t26-,27-,28+,29-,30?,31+/m1/s1. The Morgan fingerprint density at radius 3 is 2.49 bits per heavy atom. The van der Waals surface area contributed by atoms with Crippen molar-refractivity contribution in [3.05, 3.63) is 124 Å². The number of azide groups is 1. The highest BCUT2D eigenvalue weighted by Crippen LogP contribution is 2.41. The average Bonchev–Trinajstić information content (AvgIpc) is 2.98. The van der Waals surface area contributed by atoms with Gasteiger partial charge in [0.05, 0.1) is 19.3 Å². The SMILES string of the molecule is Cc1ccc(S[C@@H]2O[C@@H]3COC(c4ccccc4)O[C@@H]3[C@H](OCc3ccc4ccccc4c3)[C@H]2N=[N+]=[N-])cc1. The molecule has 8 heteroatoms. The van der Waals surface area contributed by atoms with E-state index in [0.29, 0.717) is 13.2 Å². The minimum absolute atomic E-state index is 0.341. The van der Waals surface area contributed by atoms with E-state index >= 15 is 0 Å². The molecule has 4 aromatic carbocycles. The molecule has 0 saturated carbocycles. The zero-order chi connectivity index (χ0) is 26.6. The average molecular weight is 540 g/mol. The second-order valence-electron chi connectivity index (χ2n) is 9.80. The highest BCUT2D eigenvalue weighted by Gasteiger charge is 2.50. The lowest BCUT2D eigenvalue weighted by molar-refractivity contribution is -0.311. The Labute approximate surface area is 231 Å². The predicted octanol–water partition coefficient (Wildman–Crippen LogP) is 7.34. The molecule has 2 fully saturated rings. The minimum Gasteiger partial charge on any atom is -0.370 e. The van der Waals surface area contributed by atoms with E-state index in [1.165, 1.54) is 22.7 Å². The quantitative estimate of drug-likeness (QED) is 0.139. The summed E-state index contributed by atoms with van der Waals surface area (Å²) in [5.41, 5.74) is 12.2. The second-order valence-corrected chi connectivity index (χ2v) is 11.0. The Morgan fingerprint density at radius 2 is 1.69 bits per heavy atom. The first kappa shape index (κ1) is 25.9. The maximum atomic E-state index is 9.56. The molecule has 0 amide bonds. The fraction of sp³-hybridized carbons (Fsp3) is 0.290. The summed E-state index contributed by atoms with van der Waals surface area (Å²) in [6.07, 6.45) is -1.95. The molecule has 2 saturated heterocycles.